The number of benzene rings is 14. The molecule has 0 saturated heterocycles. The fraction of sp³-hybridized carbons (Fsp3) is 0.106. The van der Waals surface area contributed by atoms with Crippen molar-refractivity contribution in [2.75, 3.05) is 4.90 Å². The first kappa shape index (κ1) is 54.5. The second kappa shape index (κ2) is 18.6. The topological polar surface area (TPSA) is 42.7 Å². The molecule has 3 heterocycles. The smallest absolute Gasteiger partial charge is 0.144 e. The molecule has 5 aliphatic rings. The molecule has 0 saturated carbocycles. The number of anilines is 3. The second-order valence-corrected chi connectivity index (χ2v) is 29.6. The van der Waals surface area contributed by atoms with Crippen LogP contribution >= 0.6 is 0 Å². The van der Waals surface area contributed by atoms with Crippen molar-refractivity contribution in [3.63, 3.8) is 0 Å². The molecule has 17 aromatic rings. The zero-order valence-corrected chi connectivity index (χ0v) is 55.2. The minimum Gasteiger partial charge on any atom is -0.455 e. The van der Waals surface area contributed by atoms with Crippen LogP contribution in [0, 0.1) is 0 Å². The van der Waals surface area contributed by atoms with Gasteiger partial charge in [-0.2, -0.15) is 0 Å². The maximum Gasteiger partial charge on any atom is 0.144 e. The van der Waals surface area contributed by atoms with Gasteiger partial charge >= 0.3 is 0 Å². The summed E-state index contributed by atoms with van der Waals surface area (Å²) in [6.07, 6.45) is 0. The molecule has 1 spiro atoms. The average Bonchev–Trinajstić information content (AvgIpc) is 1.50. The van der Waals surface area contributed by atoms with Gasteiger partial charge in [-0.25, -0.2) is 0 Å². The van der Waals surface area contributed by atoms with Crippen LogP contribution in [0.4, 0.5) is 17.1 Å². The van der Waals surface area contributed by atoms with Crippen LogP contribution < -0.4 is 4.90 Å². The van der Waals surface area contributed by atoms with Crippen LogP contribution in [-0.4, -0.2) is 0 Å². The molecule has 462 valence electrons. The summed E-state index contributed by atoms with van der Waals surface area (Å²) in [6, 6.07) is 102. The Balaban J connectivity index is 0.828. The first-order chi connectivity index (χ1) is 47.9. The monoisotopic (exact) mass is 1250 g/mol. The molecule has 0 aliphatic heterocycles. The molecule has 22 rings (SSSR count). The molecule has 0 radical (unpaired) electrons. The molecular weight excluding hydrogens is 1190 g/mol. The van der Waals surface area contributed by atoms with Gasteiger partial charge in [-0.05, 0) is 184 Å². The predicted octanol–water partition coefficient (Wildman–Crippen LogP) is 25.5. The number of hydrogen-bond donors (Lipinski definition) is 0. The minimum atomic E-state index is -0.711. The van der Waals surface area contributed by atoms with E-state index >= 15 is 0 Å². The van der Waals surface area contributed by atoms with Crippen LogP contribution in [0.2, 0.25) is 0 Å². The lowest BCUT2D eigenvalue weighted by molar-refractivity contribution is 0.600. The standard InChI is InChI=1S/C94H63NO3/c1-91(2)71-47-54(41-44-60(71)79-74(91)50-66(52-25-9-7-10-26-52)88-82(79)63-32-16-22-38-76(63)96-88)95(55-42-45-61-72(48-55)93(5,6)86-81(61)84-65-34-18-24-40-78(65)98-90(84)85-59-31-15-19-35-68(59)92(3,4)87(85)86)56-43-46-62-73(49-56)94(69-36-20-13-29-57(69)58-30-14-21-37-70(58)94)75-51-67(53-27-11-8-12-28-53)89-83(80(62)75)64-33-17-23-39-77(64)97-89/h7-51H,1-6H3. The fourth-order valence-corrected chi connectivity index (χ4v) is 19.6. The Morgan fingerprint density at radius 3 is 1.15 bits per heavy atom. The quantitative estimate of drug-likeness (QED) is 0.172. The highest BCUT2D eigenvalue weighted by molar-refractivity contribution is 6.23. The Hall–Kier alpha value is -11.7. The lowest BCUT2D eigenvalue weighted by Crippen LogP contribution is -2.26. The first-order valence-electron chi connectivity index (χ1n) is 34.5. The van der Waals surface area contributed by atoms with Crippen LogP contribution in [0.25, 0.3) is 144 Å². The van der Waals surface area contributed by atoms with Crippen molar-refractivity contribution in [1.82, 2.24) is 0 Å². The average molecular weight is 1250 g/mol. The number of furan rings is 3. The van der Waals surface area contributed by atoms with E-state index in [1.165, 1.54) is 122 Å². The molecule has 0 fully saturated rings. The molecule has 0 N–H and O–H groups in total. The van der Waals surface area contributed by atoms with Gasteiger partial charge in [0.15, 0.2) is 0 Å². The van der Waals surface area contributed by atoms with Gasteiger partial charge in [-0.15, -0.1) is 0 Å². The molecule has 0 atom stereocenters. The summed E-state index contributed by atoms with van der Waals surface area (Å²) in [5.41, 5.74) is 36.9. The lowest BCUT2D eigenvalue weighted by Gasteiger charge is -2.33. The van der Waals surface area contributed by atoms with E-state index in [0.29, 0.717) is 0 Å². The summed E-state index contributed by atoms with van der Waals surface area (Å²) in [5, 5.41) is 6.91. The molecule has 4 heteroatoms. The number of fused-ring (bicyclic) bond motifs is 33. The summed E-state index contributed by atoms with van der Waals surface area (Å²) in [4.78, 5) is 2.59. The maximum atomic E-state index is 7.17. The summed E-state index contributed by atoms with van der Waals surface area (Å²) >= 11 is 0. The zero-order chi connectivity index (χ0) is 65.0. The number of hydrogen-bond acceptors (Lipinski definition) is 4. The third-order valence-corrected chi connectivity index (χ3v) is 23.8. The first-order valence-corrected chi connectivity index (χ1v) is 34.5. The third-order valence-electron chi connectivity index (χ3n) is 23.8. The maximum absolute atomic E-state index is 7.17. The Kier molecular flexibility index (Phi) is 10.4. The predicted molar refractivity (Wildman–Crippen MR) is 403 cm³/mol. The van der Waals surface area contributed by atoms with Gasteiger partial charge in [0.25, 0.3) is 0 Å². The number of para-hydroxylation sites is 3. The fourth-order valence-electron chi connectivity index (χ4n) is 19.6. The molecule has 0 unspecified atom stereocenters. The minimum absolute atomic E-state index is 0.298. The highest BCUT2D eigenvalue weighted by Gasteiger charge is 2.54. The van der Waals surface area contributed by atoms with Crippen molar-refractivity contribution < 1.29 is 13.3 Å². The van der Waals surface area contributed by atoms with Crippen LogP contribution in [0.3, 0.4) is 0 Å². The van der Waals surface area contributed by atoms with Gasteiger partial charge in [-0.3, -0.25) is 0 Å². The summed E-state index contributed by atoms with van der Waals surface area (Å²) in [5.74, 6) is 0. The molecule has 5 aliphatic carbocycles. The van der Waals surface area contributed by atoms with Crippen LogP contribution in [-0.2, 0) is 21.7 Å². The van der Waals surface area contributed by atoms with Gasteiger partial charge in [-0.1, -0.05) is 248 Å². The normalized spacial score (nSPS) is 15.4. The summed E-state index contributed by atoms with van der Waals surface area (Å²) in [7, 11) is 0. The van der Waals surface area contributed by atoms with E-state index in [4.69, 9.17) is 13.3 Å². The Labute approximate surface area is 567 Å². The van der Waals surface area contributed by atoms with Gasteiger partial charge in [0, 0.05) is 82.3 Å². The van der Waals surface area contributed by atoms with Gasteiger partial charge in [0.05, 0.1) is 5.41 Å². The largest absolute Gasteiger partial charge is 0.455 e. The van der Waals surface area contributed by atoms with Crippen LogP contribution in [0.5, 0.6) is 0 Å². The van der Waals surface area contributed by atoms with Crippen molar-refractivity contribution in [3.8, 4) is 77.9 Å². The molecular formula is C94H63NO3. The summed E-state index contributed by atoms with van der Waals surface area (Å²) < 4.78 is 21.3. The van der Waals surface area contributed by atoms with E-state index in [-0.39, 0.29) is 5.41 Å². The lowest BCUT2D eigenvalue weighted by atomic mass is 9.70. The van der Waals surface area contributed by atoms with Crippen molar-refractivity contribution >= 4 is 82.9 Å². The van der Waals surface area contributed by atoms with Crippen molar-refractivity contribution in [1.29, 1.82) is 0 Å². The van der Waals surface area contributed by atoms with Crippen molar-refractivity contribution in [2.24, 2.45) is 0 Å². The van der Waals surface area contributed by atoms with E-state index < -0.39 is 16.2 Å². The highest BCUT2D eigenvalue weighted by Crippen LogP contribution is 2.68. The Bertz CT molecular complexity index is 6420. The highest BCUT2D eigenvalue weighted by atomic mass is 16.3. The van der Waals surface area contributed by atoms with Crippen LogP contribution in [0.1, 0.15) is 97.2 Å². The molecule has 14 aromatic carbocycles. The van der Waals surface area contributed by atoms with E-state index in [2.05, 4.69) is 319 Å². The van der Waals surface area contributed by atoms with E-state index in [9.17, 15) is 0 Å². The SMILES string of the molecule is CC1(C)c2cc(N(c3ccc4c(c3)C(C)(C)c3c5c(c6oc7ccccc7c6c3-4)-c3ccccc3C5(C)C)c3ccc4c(c3)C3(c5ccccc5-c5ccccc53)c3cc(-c5ccccc5)c5oc6ccccc6c5c3-4)ccc2-c2c1cc(-c1ccccc1)c1oc3ccccc3c21. The van der Waals surface area contributed by atoms with Gasteiger partial charge in [0.2, 0.25) is 0 Å². The Morgan fingerprint density at radius 2 is 0.612 bits per heavy atom. The molecule has 3 aromatic heterocycles. The zero-order valence-electron chi connectivity index (χ0n) is 55.2. The van der Waals surface area contributed by atoms with Crippen molar-refractivity contribution in [3.05, 3.63) is 329 Å². The Morgan fingerprint density at radius 1 is 0.245 bits per heavy atom. The third kappa shape index (κ3) is 6.61. The van der Waals surface area contributed by atoms with Crippen molar-refractivity contribution in [2.45, 2.75) is 63.2 Å². The second-order valence-electron chi connectivity index (χ2n) is 29.6. The number of nitrogens with zero attached hydrogens (tertiary/aromatic N) is 1. The number of rotatable bonds is 5. The molecule has 98 heavy (non-hydrogen) atoms. The summed E-state index contributed by atoms with van der Waals surface area (Å²) in [6.45, 7) is 14.7. The van der Waals surface area contributed by atoms with Gasteiger partial charge in [0.1, 0.15) is 33.5 Å². The molecule has 0 bridgehead atoms. The van der Waals surface area contributed by atoms with E-state index in [1.807, 2.05) is 0 Å². The van der Waals surface area contributed by atoms with Gasteiger partial charge < -0.3 is 18.2 Å². The molecule has 0 amide bonds. The van der Waals surface area contributed by atoms with E-state index in [0.717, 1.165) is 94.4 Å². The molecule has 4 nitrogen and oxygen atoms in total. The van der Waals surface area contributed by atoms with Crippen LogP contribution in [0.15, 0.2) is 286 Å². The van der Waals surface area contributed by atoms with E-state index in [1.54, 1.807) is 0 Å².